The van der Waals surface area contributed by atoms with Crippen molar-refractivity contribution in [2.45, 2.75) is 20.0 Å². The van der Waals surface area contributed by atoms with Crippen LogP contribution in [0.5, 0.6) is 5.75 Å². The van der Waals surface area contributed by atoms with Gasteiger partial charge in [-0.1, -0.05) is 30.3 Å². The van der Waals surface area contributed by atoms with E-state index < -0.39 is 0 Å². The summed E-state index contributed by atoms with van der Waals surface area (Å²) in [6.07, 6.45) is 0.334. The van der Waals surface area contributed by atoms with Crippen molar-refractivity contribution in [2.24, 2.45) is 0 Å². The molecule has 5 nitrogen and oxygen atoms in total. The fourth-order valence-electron chi connectivity index (χ4n) is 2.74. The summed E-state index contributed by atoms with van der Waals surface area (Å²) in [5.41, 5.74) is 3.35. The van der Waals surface area contributed by atoms with Crippen LogP contribution >= 0.6 is 0 Å². The van der Waals surface area contributed by atoms with Crippen LogP contribution in [0.25, 0.3) is 0 Å². The van der Waals surface area contributed by atoms with Gasteiger partial charge in [-0.3, -0.25) is 9.59 Å². The minimum atomic E-state index is -0.0871. The lowest BCUT2D eigenvalue weighted by Gasteiger charge is -2.10. The summed E-state index contributed by atoms with van der Waals surface area (Å²) in [7, 11) is 0. The van der Waals surface area contributed by atoms with E-state index in [1.54, 1.807) is 24.3 Å². The van der Waals surface area contributed by atoms with Crippen LogP contribution in [0.4, 0.5) is 11.4 Å². The first kappa shape index (κ1) is 20.1. The van der Waals surface area contributed by atoms with Gasteiger partial charge in [0.05, 0.1) is 0 Å². The van der Waals surface area contributed by atoms with E-state index in [0.717, 1.165) is 17.0 Å². The van der Waals surface area contributed by atoms with Crippen molar-refractivity contribution in [2.75, 3.05) is 17.2 Å². The smallest absolute Gasteiger partial charge is 0.226 e. The second kappa shape index (κ2) is 10.1. The maximum absolute atomic E-state index is 12.1. The van der Waals surface area contributed by atoms with Crippen LogP contribution in [-0.2, 0) is 11.4 Å². The fraction of sp³-hybridized carbons (Fsp3) is 0.167. The molecule has 2 N–H and O–H groups in total. The molecule has 0 aromatic heterocycles. The molecule has 1 amide bonds. The van der Waals surface area contributed by atoms with Gasteiger partial charge in [-0.25, -0.2) is 0 Å². The van der Waals surface area contributed by atoms with E-state index >= 15 is 0 Å². The first-order chi connectivity index (χ1) is 14.1. The van der Waals surface area contributed by atoms with Crippen molar-refractivity contribution in [1.82, 2.24) is 0 Å². The summed E-state index contributed by atoms with van der Waals surface area (Å²) in [6.45, 7) is 2.56. The highest BCUT2D eigenvalue weighted by molar-refractivity contribution is 5.95. The molecule has 0 saturated carbocycles. The van der Waals surface area contributed by atoms with Gasteiger partial charge in [0.25, 0.3) is 0 Å². The molecule has 0 aliphatic heterocycles. The molecule has 3 aromatic carbocycles. The molecule has 0 fully saturated rings. The Kier molecular flexibility index (Phi) is 7.00. The maximum atomic E-state index is 12.1. The minimum absolute atomic E-state index is 0.00330. The second-order valence-electron chi connectivity index (χ2n) is 6.66. The van der Waals surface area contributed by atoms with E-state index in [9.17, 15) is 9.59 Å². The van der Waals surface area contributed by atoms with Crippen molar-refractivity contribution in [3.8, 4) is 5.75 Å². The highest BCUT2D eigenvalue weighted by Gasteiger charge is 2.04. The zero-order valence-electron chi connectivity index (χ0n) is 16.4. The first-order valence-electron chi connectivity index (χ1n) is 9.52. The molecule has 0 saturated heterocycles. The summed E-state index contributed by atoms with van der Waals surface area (Å²) >= 11 is 0. The third-order valence-corrected chi connectivity index (χ3v) is 4.36. The van der Waals surface area contributed by atoms with Gasteiger partial charge < -0.3 is 15.4 Å². The molecular weight excluding hydrogens is 364 g/mol. The molecule has 0 radical (unpaired) electrons. The lowest BCUT2D eigenvalue weighted by molar-refractivity contribution is -0.115. The summed E-state index contributed by atoms with van der Waals surface area (Å²) in [6, 6.07) is 24.6. The van der Waals surface area contributed by atoms with Crippen molar-refractivity contribution < 1.29 is 14.3 Å². The number of benzene rings is 3. The number of ether oxygens (including phenoxy) is 1. The Morgan fingerprint density at radius 2 is 1.48 bits per heavy atom. The molecule has 5 heteroatoms. The monoisotopic (exact) mass is 388 g/mol. The fourth-order valence-corrected chi connectivity index (χ4v) is 2.74. The Morgan fingerprint density at radius 3 is 2.14 bits per heavy atom. The zero-order valence-corrected chi connectivity index (χ0v) is 16.4. The normalized spacial score (nSPS) is 10.2. The van der Waals surface area contributed by atoms with Gasteiger partial charge >= 0.3 is 0 Å². The van der Waals surface area contributed by atoms with Gasteiger partial charge in [0.2, 0.25) is 5.91 Å². The van der Waals surface area contributed by atoms with Gasteiger partial charge in [-0.2, -0.15) is 0 Å². The minimum Gasteiger partial charge on any atom is -0.489 e. The van der Waals surface area contributed by atoms with Crippen LogP contribution in [-0.4, -0.2) is 18.2 Å². The molecule has 0 unspecified atom stereocenters. The largest absolute Gasteiger partial charge is 0.489 e. The van der Waals surface area contributed by atoms with Crippen LogP contribution in [0.3, 0.4) is 0 Å². The zero-order chi connectivity index (χ0) is 20.5. The summed E-state index contributed by atoms with van der Waals surface area (Å²) in [4.78, 5) is 23.3. The Hall–Kier alpha value is -3.60. The second-order valence-corrected chi connectivity index (χ2v) is 6.66. The number of carbonyl (C=O) groups is 2. The van der Waals surface area contributed by atoms with Crippen molar-refractivity contribution in [3.63, 3.8) is 0 Å². The number of anilines is 2. The average Bonchev–Trinajstić information content (AvgIpc) is 2.74. The predicted molar refractivity (Wildman–Crippen MR) is 115 cm³/mol. The SMILES string of the molecule is CC(=O)c1ccc(NC(=O)CCNc2ccc(OCc3ccccc3)cc2)cc1. The molecule has 0 bridgehead atoms. The Labute approximate surface area is 170 Å². The summed E-state index contributed by atoms with van der Waals surface area (Å²) in [5.74, 6) is 0.714. The molecule has 0 aliphatic rings. The molecule has 0 aliphatic carbocycles. The number of hydrogen-bond acceptors (Lipinski definition) is 4. The maximum Gasteiger partial charge on any atom is 0.226 e. The van der Waals surface area contributed by atoms with E-state index in [-0.39, 0.29) is 11.7 Å². The number of amides is 1. The number of nitrogens with one attached hydrogen (secondary N) is 2. The average molecular weight is 388 g/mol. The lowest BCUT2D eigenvalue weighted by Crippen LogP contribution is -2.16. The van der Waals surface area contributed by atoms with Crippen molar-refractivity contribution in [3.05, 3.63) is 90.0 Å². The Bertz CT molecular complexity index is 936. The molecule has 148 valence electrons. The molecule has 0 atom stereocenters. The number of rotatable bonds is 9. The summed E-state index contributed by atoms with van der Waals surface area (Å²) in [5, 5.41) is 6.05. The number of Topliss-reactive ketones (excluding diaryl/α,β-unsaturated/α-hetero) is 1. The molecular formula is C24H24N2O3. The van der Waals surface area contributed by atoms with Gasteiger partial charge in [-0.05, 0) is 61.0 Å². The van der Waals surface area contributed by atoms with Gasteiger partial charge in [-0.15, -0.1) is 0 Å². The molecule has 3 aromatic rings. The van der Waals surface area contributed by atoms with Crippen molar-refractivity contribution >= 4 is 23.1 Å². The molecule has 3 rings (SSSR count). The number of ketones is 1. The lowest BCUT2D eigenvalue weighted by atomic mass is 10.1. The molecule has 0 spiro atoms. The Morgan fingerprint density at radius 1 is 0.828 bits per heavy atom. The summed E-state index contributed by atoms with van der Waals surface area (Å²) < 4.78 is 5.77. The quantitative estimate of drug-likeness (QED) is 0.511. The van der Waals surface area contributed by atoms with Crippen LogP contribution in [0.1, 0.15) is 29.3 Å². The highest BCUT2D eigenvalue weighted by atomic mass is 16.5. The topological polar surface area (TPSA) is 67.4 Å². The number of hydrogen-bond donors (Lipinski definition) is 2. The Balaban J connectivity index is 1.39. The number of carbonyl (C=O) groups excluding carboxylic acids is 2. The molecule has 0 heterocycles. The van der Waals surface area contributed by atoms with Gasteiger partial charge in [0, 0.05) is 29.9 Å². The van der Waals surface area contributed by atoms with E-state index in [2.05, 4.69) is 10.6 Å². The molecule has 29 heavy (non-hydrogen) atoms. The van der Waals surface area contributed by atoms with Gasteiger partial charge in [0.1, 0.15) is 12.4 Å². The van der Waals surface area contributed by atoms with Crippen LogP contribution < -0.4 is 15.4 Å². The van der Waals surface area contributed by atoms with E-state index in [0.29, 0.717) is 30.8 Å². The first-order valence-corrected chi connectivity index (χ1v) is 9.52. The van der Waals surface area contributed by atoms with Gasteiger partial charge in [0.15, 0.2) is 5.78 Å². The predicted octanol–water partition coefficient (Wildman–Crippen LogP) is 4.91. The van der Waals surface area contributed by atoms with E-state index in [4.69, 9.17) is 4.74 Å². The van der Waals surface area contributed by atoms with E-state index in [1.165, 1.54) is 6.92 Å². The highest BCUT2D eigenvalue weighted by Crippen LogP contribution is 2.17. The van der Waals surface area contributed by atoms with Crippen LogP contribution in [0.2, 0.25) is 0 Å². The third-order valence-electron chi connectivity index (χ3n) is 4.36. The van der Waals surface area contributed by atoms with Crippen LogP contribution in [0, 0.1) is 0 Å². The third kappa shape index (κ3) is 6.50. The van der Waals surface area contributed by atoms with Crippen LogP contribution in [0.15, 0.2) is 78.9 Å². The standard InChI is InChI=1S/C24H24N2O3/c1-18(27)20-7-9-22(10-8-20)26-24(28)15-16-25-21-11-13-23(14-12-21)29-17-19-5-3-2-4-6-19/h2-14,25H,15-17H2,1H3,(H,26,28). The van der Waals surface area contributed by atoms with Crippen molar-refractivity contribution in [1.29, 1.82) is 0 Å². The van der Waals surface area contributed by atoms with E-state index in [1.807, 2.05) is 54.6 Å².